The lowest BCUT2D eigenvalue weighted by Crippen LogP contribution is -2.64. The van der Waals surface area contributed by atoms with Gasteiger partial charge in [-0.25, -0.2) is 27.7 Å². The normalized spacial score (nSPS) is 33.1. The van der Waals surface area contributed by atoms with Crippen LogP contribution in [0.5, 0.6) is 0 Å². The Morgan fingerprint density at radius 1 is 0.500 bits per heavy atom. The molecule has 2 amide bonds. The van der Waals surface area contributed by atoms with Crippen molar-refractivity contribution < 1.29 is 156 Å². The Hall–Kier alpha value is -7.74. The fraction of sp³-hybridized carbons (Fsp3) is 0.636. The maximum atomic E-state index is 15.3. The summed E-state index contributed by atoms with van der Waals surface area (Å²) in [6.07, 6.45) is -33.5. The molecule has 6 aromatic rings. The summed E-state index contributed by atoms with van der Waals surface area (Å²) < 4.78 is 101. The van der Waals surface area contributed by atoms with Gasteiger partial charge in [0, 0.05) is 60.6 Å². The van der Waals surface area contributed by atoms with Crippen LogP contribution in [0.3, 0.4) is 0 Å². The van der Waals surface area contributed by atoms with Gasteiger partial charge in [-0.05, 0) is 60.4 Å². The minimum Gasteiger partial charge on any atom is -0.461 e. The summed E-state index contributed by atoms with van der Waals surface area (Å²) in [6.45, 7) is -2.34. The summed E-state index contributed by atoms with van der Waals surface area (Å²) in [4.78, 5) is 63.0. The first kappa shape index (κ1) is 79.8. The molecule has 24 atom stereocenters. The second-order valence-corrected chi connectivity index (χ2v) is 27.1. The molecule has 0 spiro atoms. The third-order valence-electron chi connectivity index (χ3n) is 19.7. The highest BCUT2D eigenvalue weighted by Crippen LogP contribution is 2.41. The van der Waals surface area contributed by atoms with E-state index in [0.29, 0.717) is 44.3 Å². The maximum Gasteiger partial charge on any atom is 0.410 e. The molecule has 0 saturated carbocycles. The summed E-state index contributed by atoms with van der Waals surface area (Å²) in [6, 6.07) is 6.67. The van der Waals surface area contributed by atoms with E-state index in [-0.39, 0.29) is 89.7 Å². The molecule has 0 radical (unpaired) electrons. The number of hydrogen-bond donors (Lipinski definition) is 16. The monoisotopic (exact) mass is 1540 g/mol. The van der Waals surface area contributed by atoms with Crippen molar-refractivity contribution >= 4 is 45.9 Å². The van der Waals surface area contributed by atoms with Crippen LogP contribution in [-0.4, -0.2) is 345 Å². The van der Waals surface area contributed by atoms with Gasteiger partial charge < -0.3 is 148 Å². The van der Waals surface area contributed by atoms with E-state index in [1.807, 2.05) is 0 Å². The molecule has 6 fully saturated rings. The largest absolute Gasteiger partial charge is 0.461 e. The Kier molecular flexibility index (Phi) is 25.6. The van der Waals surface area contributed by atoms with Crippen LogP contribution in [0.4, 0.5) is 18.4 Å². The van der Waals surface area contributed by atoms with E-state index >= 15 is 8.78 Å². The first-order valence-corrected chi connectivity index (χ1v) is 34.7. The number of rotatable bonds is 27. The zero-order valence-corrected chi connectivity index (χ0v) is 57.9. The topological polar surface area (TPSA) is 562 Å². The molecule has 10 heterocycles. The van der Waals surface area contributed by atoms with Crippen molar-refractivity contribution in [3.8, 4) is 11.4 Å². The first-order valence-electron chi connectivity index (χ1n) is 34.7. The van der Waals surface area contributed by atoms with E-state index in [0.717, 1.165) is 0 Å². The molecule has 6 aliphatic heterocycles. The number of esters is 2. The van der Waals surface area contributed by atoms with Gasteiger partial charge >= 0.3 is 24.1 Å². The van der Waals surface area contributed by atoms with Crippen molar-refractivity contribution in [2.75, 3.05) is 52.7 Å². The van der Waals surface area contributed by atoms with Crippen LogP contribution in [0, 0.1) is 11.6 Å². The van der Waals surface area contributed by atoms with Crippen LogP contribution < -0.4 is 0 Å². The summed E-state index contributed by atoms with van der Waals surface area (Å²) in [5, 5.41) is 163. The van der Waals surface area contributed by atoms with Crippen LogP contribution >= 0.6 is 0 Å². The quantitative estimate of drug-likeness (QED) is 0.0169. The Labute approximate surface area is 610 Å². The zero-order chi connectivity index (χ0) is 77.1. The van der Waals surface area contributed by atoms with Crippen molar-refractivity contribution in [2.24, 2.45) is 0 Å². The number of carbonyl (C=O) groups is 4. The minimum absolute atomic E-state index is 0.0322. The number of halogens is 2. The number of aromatic amines is 2. The van der Waals surface area contributed by atoms with Crippen LogP contribution in [-0.2, 0) is 106 Å². The highest BCUT2D eigenvalue weighted by Gasteiger charge is 2.53. The second-order valence-electron chi connectivity index (χ2n) is 27.1. The number of aromatic nitrogens is 8. The zero-order valence-electron chi connectivity index (χ0n) is 57.9. The smallest absolute Gasteiger partial charge is 0.410 e. The van der Waals surface area contributed by atoms with Gasteiger partial charge in [-0.3, -0.25) is 9.59 Å². The van der Waals surface area contributed by atoms with E-state index in [1.165, 1.54) is 69.7 Å². The Bertz CT molecular complexity index is 3800. The van der Waals surface area contributed by atoms with Crippen LogP contribution in [0.15, 0.2) is 48.8 Å². The van der Waals surface area contributed by atoms with Gasteiger partial charge in [0.1, 0.15) is 146 Å². The number of ether oxygens (including phenoxy) is 12. The van der Waals surface area contributed by atoms with Crippen LogP contribution in [0.25, 0.3) is 33.2 Å². The van der Waals surface area contributed by atoms with Gasteiger partial charge in [-0.2, -0.15) is 0 Å². The lowest BCUT2D eigenvalue weighted by molar-refractivity contribution is -0.360. The SMILES string of the molecule is CC(=O)O[C@H]1CC(Cc2c(-c3[nH]c4cc(F)ccc4c3CC3C[C@H](OC(C)=O)CN3C(=O)OCCn3cc(CO[C@@H]4OC(CO)[C@@H](O[C@@H]5OC(CO)[C@H](O)[C@H](O)C5O)[C@H](O)C4O)nn3)[nH]c3cc(F)ccc23)N(C(=O)OCCn2cc(CO[C@@H]3OC(CO)[C@@H](O[C@@H]4OC(CO)[C@H](O)[C@H](O)C4O)[C@H](O)C3O)nn2)C1. The number of carbonyl (C=O) groups excluding carboxylic acids is 4. The van der Waals surface area contributed by atoms with Crippen molar-refractivity contribution in [3.05, 3.63) is 82.9 Å². The third kappa shape index (κ3) is 17.5. The van der Waals surface area contributed by atoms with E-state index in [4.69, 9.17) is 56.8 Å². The molecule has 4 aromatic heterocycles. The summed E-state index contributed by atoms with van der Waals surface area (Å²) in [5.41, 5.74) is 2.88. The van der Waals surface area contributed by atoms with Crippen molar-refractivity contribution in [3.63, 3.8) is 0 Å². The Morgan fingerprint density at radius 2 is 0.870 bits per heavy atom. The molecule has 0 bridgehead atoms. The summed E-state index contributed by atoms with van der Waals surface area (Å²) in [7, 11) is 0. The number of fused-ring (bicyclic) bond motifs is 2. The molecule has 16 N–H and O–H groups in total. The number of benzene rings is 2. The van der Waals surface area contributed by atoms with E-state index in [1.54, 1.807) is 12.1 Å². The standard InChI is InChI=1S/C66H86F2N10O30/c1-27(83)101-35-13-33(77(19-35)65(95)97-9-7-75-17-31(71-73-75)25-99-61-57(93)53(89)59(45(23-81)105-61)107-63-55(91)51(87)49(85)43(21-79)103-63)15-39-37-5-3-29(67)11-41(37)69-47(39)48-40(38-6-4-30(68)12-42(38)70-48)16-34-14-36(102-28(2)84)20-78(34)66(96)98-10-8-76-18-32(72-74-76)26-100-62-58(94)54(90)60(46(24-82)106-62)108-64-56(92)52(88)50(86)44(22-80)104-64/h3-6,11-12,17-18,33-36,43-46,49-64,69-70,79-82,85-94H,7-10,13-16,19-26H2,1-2H3/t33?,34?,35-,36-,43?,44?,45?,46?,49-,50-,51-,52-,53+,54+,55?,56?,57?,58?,59+,60+,61+,62+,63-,64-/m0/s1. The van der Waals surface area contributed by atoms with E-state index in [9.17, 15) is 90.7 Å². The molecule has 0 aliphatic carbocycles. The fourth-order valence-electron chi connectivity index (χ4n) is 14.4. The van der Waals surface area contributed by atoms with E-state index < -0.39 is 209 Å². The number of amides is 2. The molecule has 42 heteroatoms. The molecule has 6 aliphatic rings. The molecule has 2 aromatic carbocycles. The average Bonchev–Trinajstić information content (AvgIpc) is 1.07. The number of aliphatic hydroxyl groups is 14. The van der Waals surface area contributed by atoms with Gasteiger partial charge in [-0.1, -0.05) is 10.4 Å². The molecule has 12 rings (SSSR count). The van der Waals surface area contributed by atoms with Gasteiger partial charge in [0.05, 0.1) is 89.6 Å². The number of H-pyrrole nitrogens is 2. The van der Waals surface area contributed by atoms with Crippen molar-refractivity contribution in [1.29, 1.82) is 0 Å². The molecule has 6 saturated heterocycles. The molecule has 108 heavy (non-hydrogen) atoms. The predicted molar refractivity (Wildman–Crippen MR) is 349 cm³/mol. The second kappa shape index (κ2) is 34.7. The maximum absolute atomic E-state index is 15.3. The van der Waals surface area contributed by atoms with Crippen LogP contribution in [0.2, 0.25) is 0 Å². The predicted octanol–water partition coefficient (Wildman–Crippen LogP) is -5.17. The number of nitrogens with zero attached hydrogens (tertiary/aromatic N) is 8. The average molecular weight is 1540 g/mol. The Morgan fingerprint density at radius 3 is 1.24 bits per heavy atom. The van der Waals surface area contributed by atoms with Gasteiger partial charge in [0.25, 0.3) is 0 Å². The first-order chi connectivity index (χ1) is 51.7. The Balaban J connectivity index is 0.692. The number of aliphatic hydroxyl groups excluding tert-OH is 14. The summed E-state index contributed by atoms with van der Waals surface area (Å²) >= 11 is 0. The van der Waals surface area contributed by atoms with Gasteiger partial charge in [0.15, 0.2) is 25.2 Å². The lowest BCUT2D eigenvalue weighted by Gasteiger charge is -2.45. The third-order valence-corrected chi connectivity index (χ3v) is 19.7. The molecule has 594 valence electrons. The highest BCUT2D eigenvalue weighted by atomic mass is 19.1. The van der Waals surface area contributed by atoms with Crippen molar-refractivity contribution in [2.45, 2.75) is 213 Å². The van der Waals surface area contributed by atoms with Crippen LogP contribution in [0.1, 0.15) is 49.2 Å². The van der Waals surface area contributed by atoms with Gasteiger partial charge in [0.2, 0.25) is 0 Å². The van der Waals surface area contributed by atoms with E-state index in [2.05, 4.69) is 30.6 Å². The summed E-state index contributed by atoms with van der Waals surface area (Å²) in [5.74, 6) is -2.42. The highest BCUT2D eigenvalue weighted by molar-refractivity contribution is 5.96. The number of nitrogens with one attached hydrogen (secondary N) is 2. The molecular formula is C66H86F2N10O30. The minimum atomic E-state index is -1.87. The lowest BCUT2D eigenvalue weighted by atomic mass is 9.95. The number of hydrogen-bond acceptors (Lipinski definition) is 34. The molecule has 10 unspecified atom stereocenters. The van der Waals surface area contributed by atoms with Crippen molar-refractivity contribution in [1.82, 2.24) is 49.8 Å². The fourth-order valence-corrected chi connectivity index (χ4v) is 14.4. The van der Waals surface area contributed by atoms with Gasteiger partial charge in [-0.15, -0.1) is 10.2 Å². The number of likely N-dealkylation sites (tertiary alicyclic amines) is 2. The molecular weight excluding hydrogens is 1450 g/mol. The molecule has 40 nitrogen and oxygen atoms in total.